The number of nitrogens with zero attached hydrogens (tertiary/aromatic N) is 4. The summed E-state index contributed by atoms with van der Waals surface area (Å²) in [5, 5.41) is 6.51. The molecule has 4 rings (SSSR count). The Morgan fingerprint density at radius 2 is 1.88 bits per heavy atom. The first-order valence-corrected chi connectivity index (χ1v) is 12.6. The van der Waals surface area contributed by atoms with Gasteiger partial charge in [0.05, 0.1) is 5.39 Å². The van der Waals surface area contributed by atoms with Gasteiger partial charge in [-0.05, 0) is 44.8 Å². The number of benzene rings is 1. The van der Waals surface area contributed by atoms with Gasteiger partial charge < -0.3 is 15.1 Å². The molecule has 2 aromatic heterocycles. The fourth-order valence-electron chi connectivity index (χ4n) is 4.78. The molecule has 1 aliphatic heterocycles. The molecule has 0 spiro atoms. The molecule has 0 bridgehead atoms. The standard InChI is InChI=1S/C26H35N5OS/c1-18-6-8-19(9-7-18)21-14-33-25-22(21)23(28-17-29-25)31-12-10-20(11-13-31)24(32)27-15-26(2,3)16-30(4)5/h6-9,14,17,20H,10-13,15-16H2,1-5H3,(H,27,32). The van der Waals surface area contributed by atoms with Crippen molar-refractivity contribution in [3.05, 3.63) is 41.5 Å². The lowest BCUT2D eigenvalue weighted by Crippen LogP contribution is -2.45. The van der Waals surface area contributed by atoms with Gasteiger partial charge in [0.15, 0.2) is 0 Å². The summed E-state index contributed by atoms with van der Waals surface area (Å²) >= 11 is 1.66. The van der Waals surface area contributed by atoms with Crippen LogP contribution in [0.2, 0.25) is 0 Å². The molecule has 7 heteroatoms. The van der Waals surface area contributed by atoms with E-state index in [0.29, 0.717) is 6.54 Å². The Balaban J connectivity index is 1.45. The first kappa shape index (κ1) is 23.6. The van der Waals surface area contributed by atoms with Crippen molar-refractivity contribution in [1.29, 1.82) is 0 Å². The van der Waals surface area contributed by atoms with Crippen LogP contribution < -0.4 is 10.2 Å². The maximum absolute atomic E-state index is 12.8. The molecule has 1 N–H and O–H groups in total. The van der Waals surface area contributed by atoms with Crippen LogP contribution in [0.25, 0.3) is 21.3 Å². The molecule has 0 radical (unpaired) electrons. The highest BCUT2D eigenvalue weighted by atomic mass is 32.1. The van der Waals surface area contributed by atoms with Crippen LogP contribution in [0.1, 0.15) is 32.3 Å². The summed E-state index contributed by atoms with van der Waals surface area (Å²) in [5.74, 6) is 1.24. The molecule has 0 atom stereocenters. The number of aromatic nitrogens is 2. The fourth-order valence-corrected chi connectivity index (χ4v) is 5.69. The van der Waals surface area contributed by atoms with Crippen molar-refractivity contribution in [1.82, 2.24) is 20.2 Å². The van der Waals surface area contributed by atoms with Gasteiger partial charge >= 0.3 is 0 Å². The van der Waals surface area contributed by atoms with E-state index in [0.717, 1.165) is 48.5 Å². The summed E-state index contributed by atoms with van der Waals surface area (Å²) in [6.07, 6.45) is 3.35. The van der Waals surface area contributed by atoms with Crippen LogP contribution in [0.5, 0.6) is 0 Å². The van der Waals surface area contributed by atoms with E-state index in [1.165, 1.54) is 16.7 Å². The van der Waals surface area contributed by atoms with Gasteiger partial charge in [-0.2, -0.15) is 0 Å². The number of fused-ring (bicyclic) bond motifs is 1. The van der Waals surface area contributed by atoms with E-state index in [1.807, 2.05) is 0 Å². The van der Waals surface area contributed by atoms with Gasteiger partial charge in [-0.3, -0.25) is 4.79 Å². The number of aryl methyl sites for hydroxylation is 1. The van der Waals surface area contributed by atoms with E-state index in [4.69, 9.17) is 0 Å². The Morgan fingerprint density at radius 3 is 2.55 bits per heavy atom. The molecular weight excluding hydrogens is 430 g/mol. The van der Waals surface area contributed by atoms with Crippen molar-refractivity contribution in [2.24, 2.45) is 11.3 Å². The summed E-state index contributed by atoms with van der Waals surface area (Å²) in [7, 11) is 4.14. The van der Waals surface area contributed by atoms with Gasteiger partial charge in [0, 0.05) is 43.0 Å². The monoisotopic (exact) mass is 465 g/mol. The number of anilines is 1. The molecule has 1 aliphatic rings. The number of carbonyl (C=O) groups excluding carboxylic acids is 1. The molecule has 1 amide bonds. The van der Waals surface area contributed by atoms with Gasteiger partial charge in [-0.1, -0.05) is 43.7 Å². The van der Waals surface area contributed by atoms with Gasteiger partial charge in [-0.15, -0.1) is 11.3 Å². The third kappa shape index (κ3) is 5.53. The van der Waals surface area contributed by atoms with E-state index in [2.05, 4.69) is 89.6 Å². The number of thiophene rings is 1. The van der Waals surface area contributed by atoms with Crippen molar-refractivity contribution in [2.45, 2.75) is 33.6 Å². The molecule has 176 valence electrons. The first-order chi connectivity index (χ1) is 15.7. The zero-order valence-electron chi connectivity index (χ0n) is 20.4. The van der Waals surface area contributed by atoms with Crippen LogP contribution >= 0.6 is 11.3 Å². The van der Waals surface area contributed by atoms with Crippen LogP contribution in [-0.4, -0.2) is 61.0 Å². The zero-order valence-corrected chi connectivity index (χ0v) is 21.2. The van der Waals surface area contributed by atoms with Gasteiger partial charge in [0.2, 0.25) is 5.91 Å². The molecule has 3 aromatic rings. The first-order valence-electron chi connectivity index (χ1n) is 11.7. The second kappa shape index (κ2) is 9.77. The van der Waals surface area contributed by atoms with Crippen LogP contribution in [0.15, 0.2) is 36.0 Å². The van der Waals surface area contributed by atoms with Gasteiger partial charge in [0.25, 0.3) is 0 Å². The predicted molar refractivity (Wildman–Crippen MR) is 138 cm³/mol. The van der Waals surface area contributed by atoms with E-state index >= 15 is 0 Å². The number of hydrogen-bond donors (Lipinski definition) is 1. The average Bonchev–Trinajstić information content (AvgIpc) is 3.22. The number of rotatable bonds is 7. The Hall–Kier alpha value is -2.51. The fraction of sp³-hybridized carbons (Fsp3) is 0.500. The second-order valence-electron chi connectivity index (χ2n) is 10.3. The normalized spacial score (nSPS) is 15.4. The Labute approximate surface area is 201 Å². The smallest absolute Gasteiger partial charge is 0.223 e. The SMILES string of the molecule is Cc1ccc(-c2csc3ncnc(N4CCC(C(=O)NCC(C)(C)CN(C)C)CC4)c23)cc1. The molecule has 6 nitrogen and oxygen atoms in total. The summed E-state index contributed by atoms with van der Waals surface area (Å²) in [5.41, 5.74) is 3.68. The molecule has 33 heavy (non-hydrogen) atoms. The average molecular weight is 466 g/mol. The molecule has 1 saturated heterocycles. The summed E-state index contributed by atoms with van der Waals surface area (Å²) in [6, 6.07) is 8.63. The second-order valence-corrected chi connectivity index (χ2v) is 11.1. The minimum atomic E-state index is 0.0533. The van der Waals surface area contributed by atoms with Crippen LogP contribution in [0.3, 0.4) is 0 Å². The van der Waals surface area contributed by atoms with E-state index < -0.39 is 0 Å². The number of piperidine rings is 1. The number of hydrogen-bond acceptors (Lipinski definition) is 6. The molecule has 3 heterocycles. The van der Waals surface area contributed by atoms with Crippen molar-refractivity contribution in [3.8, 4) is 11.1 Å². The number of nitrogens with one attached hydrogen (secondary N) is 1. The van der Waals surface area contributed by atoms with Crippen molar-refractivity contribution >= 4 is 33.3 Å². The van der Waals surface area contributed by atoms with Crippen molar-refractivity contribution in [3.63, 3.8) is 0 Å². The minimum Gasteiger partial charge on any atom is -0.356 e. The summed E-state index contributed by atoms with van der Waals surface area (Å²) in [6.45, 7) is 9.80. The maximum Gasteiger partial charge on any atom is 0.223 e. The lowest BCUT2D eigenvalue weighted by molar-refractivity contribution is -0.126. The highest BCUT2D eigenvalue weighted by molar-refractivity contribution is 7.17. The maximum atomic E-state index is 12.8. The van der Waals surface area contributed by atoms with Crippen molar-refractivity contribution in [2.75, 3.05) is 45.2 Å². The lowest BCUT2D eigenvalue weighted by atomic mass is 9.91. The quantitative estimate of drug-likeness (QED) is 0.553. The van der Waals surface area contributed by atoms with Gasteiger partial charge in [0.1, 0.15) is 17.0 Å². The van der Waals surface area contributed by atoms with Crippen molar-refractivity contribution < 1.29 is 4.79 Å². The molecule has 0 unspecified atom stereocenters. The largest absolute Gasteiger partial charge is 0.356 e. The number of carbonyl (C=O) groups is 1. The molecule has 0 saturated carbocycles. The van der Waals surface area contributed by atoms with Crippen LogP contribution in [0.4, 0.5) is 5.82 Å². The van der Waals surface area contributed by atoms with Gasteiger partial charge in [-0.25, -0.2) is 9.97 Å². The van der Waals surface area contributed by atoms with Crippen LogP contribution in [-0.2, 0) is 4.79 Å². The summed E-state index contributed by atoms with van der Waals surface area (Å²) < 4.78 is 0. The molecule has 1 fully saturated rings. The third-order valence-electron chi connectivity index (χ3n) is 6.36. The minimum absolute atomic E-state index is 0.0533. The molecule has 1 aromatic carbocycles. The molecule has 0 aliphatic carbocycles. The Kier molecular flexibility index (Phi) is 7.00. The van der Waals surface area contributed by atoms with E-state index in [1.54, 1.807) is 17.7 Å². The summed E-state index contributed by atoms with van der Waals surface area (Å²) in [4.78, 5) is 27.6. The van der Waals surface area contributed by atoms with Crippen LogP contribution in [0, 0.1) is 18.3 Å². The zero-order chi connectivity index (χ0) is 23.6. The Morgan fingerprint density at radius 1 is 1.18 bits per heavy atom. The topological polar surface area (TPSA) is 61.4 Å². The van der Waals surface area contributed by atoms with E-state index in [9.17, 15) is 4.79 Å². The number of amides is 1. The Bertz CT molecular complexity index is 1100. The highest BCUT2D eigenvalue weighted by Crippen LogP contribution is 2.38. The lowest BCUT2D eigenvalue weighted by Gasteiger charge is -2.34. The third-order valence-corrected chi connectivity index (χ3v) is 7.25. The molecular formula is C26H35N5OS. The predicted octanol–water partition coefficient (Wildman–Crippen LogP) is 4.59. The van der Waals surface area contributed by atoms with E-state index in [-0.39, 0.29) is 17.2 Å². The highest BCUT2D eigenvalue weighted by Gasteiger charge is 2.29.